The lowest BCUT2D eigenvalue weighted by Gasteiger charge is -2.19. The van der Waals surface area contributed by atoms with Crippen LogP contribution in [0.5, 0.6) is 0 Å². The van der Waals surface area contributed by atoms with Crippen LogP contribution in [0.4, 0.5) is 11.4 Å². The van der Waals surface area contributed by atoms with Crippen LogP contribution in [0.25, 0.3) is 0 Å². The van der Waals surface area contributed by atoms with Gasteiger partial charge in [-0.25, -0.2) is 9.80 Å². The first-order valence-corrected chi connectivity index (χ1v) is 11.9. The Hall–Kier alpha value is -4.14. The molecule has 3 aromatic rings. The van der Waals surface area contributed by atoms with E-state index in [4.69, 9.17) is 0 Å². The monoisotopic (exact) mass is 482 g/mol. The standard InChI is InChI=1S/C28H26N4O4/c33-25-15-23(29-17-19-7-3-1-4-8-19)27(35)31(25)21-11-13-22(14-12-21)32-26(34)16-24(28(32)36)30-18-20-9-5-2-6-10-20/h1-14,23-24,29-30H,15-18H2/t23-,24-/m0/s1. The molecule has 0 aromatic heterocycles. The van der Waals surface area contributed by atoms with Gasteiger partial charge in [0.1, 0.15) is 0 Å². The van der Waals surface area contributed by atoms with Crippen molar-refractivity contribution in [1.29, 1.82) is 0 Å². The Labute approximate surface area is 208 Å². The van der Waals surface area contributed by atoms with Crippen molar-refractivity contribution in [2.45, 2.75) is 38.0 Å². The maximum atomic E-state index is 12.9. The molecule has 2 N–H and O–H groups in total. The minimum absolute atomic E-state index is 0.0747. The molecular weight excluding hydrogens is 456 g/mol. The summed E-state index contributed by atoms with van der Waals surface area (Å²) in [4.78, 5) is 53.4. The summed E-state index contributed by atoms with van der Waals surface area (Å²) in [5.74, 6) is -1.22. The highest BCUT2D eigenvalue weighted by Crippen LogP contribution is 2.28. The summed E-state index contributed by atoms with van der Waals surface area (Å²) < 4.78 is 0. The van der Waals surface area contributed by atoms with Crippen LogP contribution in [-0.2, 0) is 32.3 Å². The number of nitrogens with one attached hydrogen (secondary N) is 2. The number of imide groups is 2. The van der Waals surface area contributed by atoms with Gasteiger partial charge in [0.25, 0.3) is 11.8 Å². The Balaban J connectivity index is 1.23. The molecule has 0 unspecified atom stereocenters. The second kappa shape index (κ2) is 10.2. The van der Waals surface area contributed by atoms with Gasteiger partial charge in [-0.2, -0.15) is 0 Å². The fraction of sp³-hybridized carbons (Fsp3) is 0.214. The Morgan fingerprint density at radius 2 is 0.917 bits per heavy atom. The van der Waals surface area contributed by atoms with Gasteiger partial charge in [0.05, 0.1) is 36.3 Å². The van der Waals surface area contributed by atoms with Crippen LogP contribution in [0.3, 0.4) is 0 Å². The highest BCUT2D eigenvalue weighted by Gasteiger charge is 2.41. The Morgan fingerprint density at radius 1 is 0.556 bits per heavy atom. The molecule has 182 valence electrons. The Morgan fingerprint density at radius 3 is 1.28 bits per heavy atom. The molecule has 0 radical (unpaired) electrons. The summed E-state index contributed by atoms with van der Waals surface area (Å²) >= 11 is 0. The molecular formula is C28H26N4O4. The molecule has 2 fully saturated rings. The van der Waals surface area contributed by atoms with Crippen LogP contribution >= 0.6 is 0 Å². The number of rotatable bonds is 8. The largest absolute Gasteiger partial charge is 0.301 e. The van der Waals surface area contributed by atoms with Crippen LogP contribution in [0, 0.1) is 0 Å². The van der Waals surface area contributed by atoms with Crippen molar-refractivity contribution in [3.63, 3.8) is 0 Å². The van der Waals surface area contributed by atoms with Crippen molar-refractivity contribution in [3.05, 3.63) is 96.1 Å². The minimum Gasteiger partial charge on any atom is -0.301 e. The molecule has 3 aromatic carbocycles. The highest BCUT2D eigenvalue weighted by molar-refractivity contribution is 6.24. The van der Waals surface area contributed by atoms with Gasteiger partial charge >= 0.3 is 0 Å². The van der Waals surface area contributed by atoms with Crippen molar-refractivity contribution in [1.82, 2.24) is 10.6 Å². The lowest BCUT2D eigenvalue weighted by Crippen LogP contribution is -2.39. The SMILES string of the molecule is O=C1C[C@H](NCc2ccccc2)C(=O)N1c1ccc(N2C(=O)C[C@H](NCc3ccccc3)C2=O)cc1. The summed E-state index contributed by atoms with van der Waals surface area (Å²) in [5.41, 5.74) is 2.88. The number of benzene rings is 3. The molecule has 8 nitrogen and oxygen atoms in total. The Bertz CT molecular complexity index is 1180. The van der Waals surface area contributed by atoms with E-state index >= 15 is 0 Å². The molecule has 0 bridgehead atoms. The van der Waals surface area contributed by atoms with Gasteiger partial charge in [-0.05, 0) is 35.4 Å². The minimum atomic E-state index is -0.601. The number of anilines is 2. The number of nitrogens with zero attached hydrogens (tertiary/aromatic N) is 2. The zero-order valence-electron chi connectivity index (χ0n) is 19.6. The van der Waals surface area contributed by atoms with E-state index in [1.807, 2.05) is 60.7 Å². The van der Waals surface area contributed by atoms with Gasteiger partial charge in [-0.3, -0.25) is 19.2 Å². The van der Waals surface area contributed by atoms with Crippen LogP contribution < -0.4 is 20.4 Å². The summed E-state index contributed by atoms with van der Waals surface area (Å²) in [5, 5.41) is 6.32. The average Bonchev–Trinajstić information content (AvgIpc) is 3.35. The van der Waals surface area contributed by atoms with E-state index < -0.39 is 12.1 Å². The van der Waals surface area contributed by atoms with Crippen molar-refractivity contribution in [2.75, 3.05) is 9.80 Å². The van der Waals surface area contributed by atoms with E-state index in [2.05, 4.69) is 10.6 Å². The number of amides is 4. The second-order valence-electron chi connectivity index (χ2n) is 8.90. The topological polar surface area (TPSA) is 98.8 Å². The highest BCUT2D eigenvalue weighted by atomic mass is 16.2. The first-order chi connectivity index (χ1) is 17.5. The van der Waals surface area contributed by atoms with Gasteiger partial charge in [0, 0.05) is 13.1 Å². The first-order valence-electron chi connectivity index (χ1n) is 11.9. The number of carbonyl (C=O) groups excluding carboxylic acids is 4. The number of hydrogen-bond acceptors (Lipinski definition) is 6. The van der Waals surface area contributed by atoms with Crippen molar-refractivity contribution in [3.8, 4) is 0 Å². The molecule has 2 aliphatic rings. The van der Waals surface area contributed by atoms with E-state index in [-0.39, 0.29) is 36.5 Å². The quantitative estimate of drug-likeness (QED) is 0.479. The van der Waals surface area contributed by atoms with Crippen molar-refractivity contribution < 1.29 is 19.2 Å². The number of carbonyl (C=O) groups is 4. The molecule has 2 atom stereocenters. The molecule has 0 aliphatic carbocycles. The maximum absolute atomic E-state index is 12.9. The van der Waals surface area contributed by atoms with E-state index in [9.17, 15) is 19.2 Å². The molecule has 2 saturated heterocycles. The molecule has 4 amide bonds. The third-order valence-electron chi connectivity index (χ3n) is 6.45. The van der Waals surface area contributed by atoms with Crippen LogP contribution in [0.2, 0.25) is 0 Å². The van der Waals surface area contributed by atoms with Gasteiger partial charge in [0.15, 0.2) is 0 Å². The summed E-state index contributed by atoms with van der Waals surface area (Å²) in [6.07, 6.45) is 0.149. The lowest BCUT2D eigenvalue weighted by atomic mass is 10.2. The molecule has 8 heteroatoms. The van der Waals surface area contributed by atoms with Gasteiger partial charge < -0.3 is 10.6 Å². The third-order valence-corrected chi connectivity index (χ3v) is 6.45. The summed E-state index contributed by atoms with van der Waals surface area (Å²) in [6, 6.07) is 24.5. The van der Waals surface area contributed by atoms with E-state index in [0.717, 1.165) is 20.9 Å². The predicted octanol–water partition coefficient (Wildman–Crippen LogP) is 2.53. The zero-order valence-corrected chi connectivity index (χ0v) is 19.6. The lowest BCUT2D eigenvalue weighted by molar-refractivity contribution is -0.123. The van der Waals surface area contributed by atoms with Gasteiger partial charge in [-0.15, -0.1) is 0 Å². The Kier molecular flexibility index (Phi) is 6.71. The van der Waals surface area contributed by atoms with Crippen LogP contribution in [-0.4, -0.2) is 35.7 Å². The molecule has 2 aliphatic heterocycles. The molecule has 0 saturated carbocycles. The zero-order chi connectivity index (χ0) is 25.1. The smallest absolute Gasteiger partial charge is 0.251 e. The van der Waals surface area contributed by atoms with Crippen molar-refractivity contribution in [2.24, 2.45) is 0 Å². The van der Waals surface area contributed by atoms with Gasteiger partial charge in [0.2, 0.25) is 11.8 Å². The van der Waals surface area contributed by atoms with Crippen LogP contribution in [0.15, 0.2) is 84.9 Å². The molecule has 2 heterocycles. The third kappa shape index (κ3) is 4.82. The fourth-order valence-electron chi connectivity index (χ4n) is 4.55. The van der Waals surface area contributed by atoms with E-state index in [1.165, 1.54) is 0 Å². The predicted molar refractivity (Wildman–Crippen MR) is 135 cm³/mol. The summed E-state index contributed by atoms with van der Waals surface area (Å²) in [7, 11) is 0. The van der Waals surface area contributed by atoms with E-state index in [1.54, 1.807) is 24.3 Å². The second-order valence-corrected chi connectivity index (χ2v) is 8.90. The normalized spacial score (nSPS) is 20.0. The summed E-state index contributed by atoms with van der Waals surface area (Å²) in [6.45, 7) is 0.964. The van der Waals surface area contributed by atoms with Crippen molar-refractivity contribution >= 4 is 35.0 Å². The molecule has 5 rings (SSSR count). The van der Waals surface area contributed by atoms with Crippen LogP contribution in [0.1, 0.15) is 24.0 Å². The average molecular weight is 483 g/mol. The maximum Gasteiger partial charge on any atom is 0.251 e. The first kappa shape index (κ1) is 23.6. The molecule has 36 heavy (non-hydrogen) atoms. The fourth-order valence-corrected chi connectivity index (χ4v) is 4.55. The van der Waals surface area contributed by atoms with Gasteiger partial charge in [-0.1, -0.05) is 60.7 Å². The van der Waals surface area contributed by atoms with E-state index in [0.29, 0.717) is 24.5 Å². The number of hydrogen-bond donors (Lipinski definition) is 2. The molecule has 0 spiro atoms.